The van der Waals surface area contributed by atoms with E-state index < -0.39 is 6.80 Å². The Morgan fingerprint density at radius 2 is 1.81 bits per heavy atom. The minimum absolute atomic E-state index is 0.202. The molecule has 0 N–H and O–H groups in total. The fraction of sp³-hybridized carbons (Fsp3) is 0.368. The molecule has 2 atom stereocenters. The summed E-state index contributed by atoms with van der Waals surface area (Å²) in [5, 5.41) is 0.931. The van der Waals surface area contributed by atoms with Crippen LogP contribution < -0.4 is 4.52 Å². The lowest BCUT2D eigenvalue weighted by molar-refractivity contribution is 0.296. The normalized spacial score (nSPS) is 14.7. The molecule has 142 valence electrons. The highest BCUT2D eigenvalue weighted by Crippen LogP contribution is 2.62. The Morgan fingerprint density at radius 1 is 1.12 bits per heavy atom. The zero-order valence-corrected chi connectivity index (χ0v) is 18.7. The number of hydrogen-bond donors (Lipinski definition) is 0. The van der Waals surface area contributed by atoms with Crippen LogP contribution in [0.15, 0.2) is 52.3 Å². The number of aryl methyl sites for hydroxylation is 1. The van der Waals surface area contributed by atoms with Gasteiger partial charge in [0.2, 0.25) is 0 Å². The molecule has 0 spiro atoms. The molecule has 0 aromatic heterocycles. The maximum absolute atomic E-state index is 12.9. The number of hydrogen-bond acceptors (Lipinski definition) is 5. The molecule has 7 heteroatoms. The predicted molar refractivity (Wildman–Crippen MR) is 114 cm³/mol. The van der Waals surface area contributed by atoms with E-state index in [1.165, 1.54) is 11.4 Å². The molecular weight excluding hydrogens is 407 g/mol. The standard InChI is InChI=1S/C19H24ClO3PS2/c1-5-15(4)26-24(21,22-6-2)23-17-7-9-18(10-8-17)25-19-12-14(3)11-16(20)13-19/h7-13,15H,5-6H2,1-4H3. The molecule has 2 aromatic rings. The minimum atomic E-state index is -3.22. The van der Waals surface area contributed by atoms with E-state index in [1.807, 2.05) is 57.2 Å². The molecule has 2 aromatic carbocycles. The third-order valence-corrected chi connectivity index (χ3v) is 9.02. The van der Waals surface area contributed by atoms with Gasteiger partial charge in [0.25, 0.3) is 0 Å². The van der Waals surface area contributed by atoms with E-state index in [9.17, 15) is 4.57 Å². The van der Waals surface area contributed by atoms with Gasteiger partial charge in [-0.25, -0.2) is 4.57 Å². The Bertz CT molecular complexity index is 748. The van der Waals surface area contributed by atoms with E-state index in [2.05, 4.69) is 13.0 Å². The summed E-state index contributed by atoms with van der Waals surface area (Å²) in [5.41, 5.74) is 1.12. The van der Waals surface area contributed by atoms with Gasteiger partial charge in [-0.2, -0.15) is 0 Å². The molecule has 2 rings (SSSR count). The largest absolute Gasteiger partial charge is 0.440 e. The van der Waals surface area contributed by atoms with Crippen LogP contribution in [0.25, 0.3) is 0 Å². The lowest BCUT2D eigenvalue weighted by Crippen LogP contribution is -2.00. The molecule has 2 unspecified atom stereocenters. The van der Waals surface area contributed by atoms with Crippen LogP contribution in [0.4, 0.5) is 0 Å². The van der Waals surface area contributed by atoms with Crippen molar-refractivity contribution in [2.45, 2.75) is 49.2 Å². The summed E-state index contributed by atoms with van der Waals surface area (Å²) in [5.74, 6) is 0.546. The molecule has 0 fully saturated rings. The molecule has 26 heavy (non-hydrogen) atoms. The van der Waals surface area contributed by atoms with Gasteiger partial charge in [-0.3, -0.25) is 4.52 Å². The zero-order valence-electron chi connectivity index (χ0n) is 15.4. The van der Waals surface area contributed by atoms with Crippen LogP contribution in [-0.2, 0) is 9.09 Å². The maximum atomic E-state index is 12.9. The van der Waals surface area contributed by atoms with Gasteiger partial charge in [-0.1, -0.05) is 37.2 Å². The molecule has 0 saturated carbocycles. The van der Waals surface area contributed by atoms with E-state index in [4.69, 9.17) is 20.6 Å². The first kappa shape index (κ1) is 21.7. The van der Waals surface area contributed by atoms with Crippen molar-refractivity contribution in [3.63, 3.8) is 0 Å². The van der Waals surface area contributed by atoms with Crippen LogP contribution in [0.5, 0.6) is 5.75 Å². The zero-order chi connectivity index (χ0) is 19.2. The third-order valence-electron chi connectivity index (χ3n) is 3.46. The van der Waals surface area contributed by atoms with Gasteiger partial charge < -0.3 is 4.52 Å². The van der Waals surface area contributed by atoms with Gasteiger partial charge in [-0.15, -0.1) is 0 Å². The lowest BCUT2D eigenvalue weighted by Gasteiger charge is -2.20. The summed E-state index contributed by atoms with van der Waals surface area (Å²) in [6.45, 7) is 5.05. The second-order valence-corrected chi connectivity index (χ2v) is 11.7. The van der Waals surface area contributed by atoms with Crippen molar-refractivity contribution in [1.82, 2.24) is 0 Å². The first-order chi connectivity index (χ1) is 12.3. The van der Waals surface area contributed by atoms with E-state index >= 15 is 0 Å². The quantitative estimate of drug-likeness (QED) is 0.378. The molecule has 3 nitrogen and oxygen atoms in total. The average molecular weight is 431 g/mol. The molecule has 0 aliphatic carbocycles. The van der Waals surface area contributed by atoms with Crippen LogP contribution in [0.2, 0.25) is 5.02 Å². The number of benzene rings is 2. The second-order valence-electron chi connectivity index (χ2n) is 5.82. The highest BCUT2D eigenvalue weighted by molar-refractivity contribution is 8.55. The van der Waals surface area contributed by atoms with Crippen molar-refractivity contribution in [1.29, 1.82) is 0 Å². The maximum Gasteiger partial charge on any atom is 0.440 e. The van der Waals surface area contributed by atoms with Crippen molar-refractivity contribution in [2.75, 3.05) is 6.61 Å². The lowest BCUT2D eigenvalue weighted by atomic mass is 10.2. The summed E-state index contributed by atoms with van der Waals surface area (Å²) in [4.78, 5) is 2.14. The van der Waals surface area contributed by atoms with Crippen molar-refractivity contribution in [3.05, 3.63) is 53.1 Å². The Morgan fingerprint density at radius 3 is 2.38 bits per heavy atom. The molecule has 0 heterocycles. The molecule has 0 amide bonds. The van der Waals surface area contributed by atoms with Gasteiger partial charge in [0.05, 0.1) is 6.61 Å². The third kappa shape index (κ3) is 6.86. The van der Waals surface area contributed by atoms with Crippen LogP contribution in [-0.4, -0.2) is 11.9 Å². The van der Waals surface area contributed by atoms with E-state index in [-0.39, 0.29) is 5.25 Å². The van der Waals surface area contributed by atoms with Crippen LogP contribution >= 0.6 is 41.5 Å². The van der Waals surface area contributed by atoms with Crippen LogP contribution in [0.3, 0.4) is 0 Å². The summed E-state index contributed by atoms with van der Waals surface area (Å²) in [7, 11) is 0. The summed E-state index contributed by atoms with van der Waals surface area (Å²) < 4.78 is 24.1. The predicted octanol–water partition coefficient (Wildman–Crippen LogP) is 7.85. The Kier molecular flexibility index (Phi) is 8.43. The van der Waals surface area contributed by atoms with Crippen molar-refractivity contribution < 1.29 is 13.6 Å². The van der Waals surface area contributed by atoms with Gasteiger partial charge >= 0.3 is 6.80 Å². The van der Waals surface area contributed by atoms with Crippen molar-refractivity contribution >= 4 is 41.5 Å². The minimum Gasteiger partial charge on any atom is -0.417 e. The second kappa shape index (κ2) is 10.1. The van der Waals surface area contributed by atoms with E-state index in [1.54, 1.807) is 11.8 Å². The van der Waals surface area contributed by atoms with Crippen molar-refractivity contribution in [3.8, 4) is 5.75 Å². The topological polar surface area (TPSA) is 35.5 Å². The van der Waals surface area contributed by atoms with Gasteiger partial charge in [0.15, 0.2) is 0 Å². The molecule has 0 saturated heterocycles. The Labute approximate surface area is 169 Å². The van der Waals surface area contributed by atoms with Gasteiger partial charge in [0.1, 0.15) is 5.75 Å². The number of rotatable bonds is 9. The monoisotopic (exact) mass is 430 g/mol. The highest BCUT2D eigenvalue weighted by atomic mass is 35.5. The molecule has 0 radical (unpaired) electrons. The molecule has 0 aliphatic heterocycles. The number of halogens is 1. The van der Waals surface area contributed by atoms with Crippen LogP contribution in [0, 0.1) is 6.92 Å². The fourth-order valence-corrected chi connectivity index (χ4v) is 7.55. The van der Waals surface area contributed by atoms with E-state index in [0.717, 1.165) is 26.8 Å². The molecule has 0 bridgehead atoms. The summed E-state index contributed by atoms with van der Waals surface area (Å²) in [6.07, 6.45) is 0.903. The fourth-order valence-electron chi connectivity index (χ4n) is 2.13. The van der Waals surface area contributed by atoms with E-state index in [0.29, 0.717) is 12.4 Å². The first-order valence-corrected chi connectivity index (χ1v) is 12.7. The summed E-state index contributed by atoms with van der Waals surface area (Å²) in [6, 6.07) is 13.5. The molecule has 0 aliphatic rings. The van der Waals surface area contributed by atoms with Crippen molar-refractivity contribution in [2.24, 2.45) is 0 Å². The Balaban J connectivity index is 2.08. The highest BCUT2D eigenvalue weighted by Gasteiger charge is 2.29. The van der Waals surface area contributed by atoms with Gasteiger partial charge in [-0.05, 0) is 79.7 Å². The smallest absolute Gasteiger partial charge is 0.417 e. The SMILES string of the molecule is CCOP(=O)(Oc1ccc(Sc2cc(C)cc(Cl)c2)cc1)SC(C)CC. The average Bonchev–Trinajstić information content (AvgIpc) is 2.55. The first-order valence-electron chi connectivity index (χ1n) is 8.51. The Hall–Kier alpha value is -0.580. The van der Waals surface area contributed by atoms with Gasteiger partial charge in [0, 0.05) is 20.1 Å². The summed E-state index contributed by atoms with van der Waals surface area (Å²) >= 11 is 9.01. The van der Waals surface area contributed by atoms with Crippen LogP contribution in [0.1, 0.15) is 32.8 Å². The molecular formula is C19H24ClO3PS2.